The highest BCUT2D eigenvalue weighted by Gasteiger charge is 2.46. The van der Waals surface area contributed by atoms with E-state index in [4.69, 9.17) is 14.2 Å². The van der Waals surface area contributed by atoms with Crippen molar-refractivity contribution in [3.63, 3.8) is 0 Å². The largest absolute Gasteiger partial charge is 0.490 e. The van der Waals surface area contributed by atoms with Crippen LogP contribution in [0.2, 0.25) is 0 Å². The van der Waals surface area contributed by atoms with Gasteiger partial charge in [0.25, 0.3) is 5.91 Å². The number of rotatable bonds is 4. The highest BCUT2D eigenvalue weighted by Crippen LogP contribution is 2.47. The normalized spacial score (nSPS) is 32.2. The molecule has 12 heteroatoms. The third-order valence-electron chi connectivity index (χ3n) is 11.6. The summed E-state index contributed by atoms with van der Waals surface area (Å²) in [5.74, 6) is 0.619. The Labute approximate surface area is 302 Å². The number of likely N-dealkylation sites (tertiary alicyclic amines) is 1. The van der Waals surface area contributed by atoms with E-state index in [-0.39, 0.29) is 48.4 Å². The van der Waals surface area contributed by atoms with Gasteiger partial charge in [0, 0.05) is 38.3 Å². The van der Waals surface area contributed by atoms with Gasteiger partial charge in [-0.25, -0.2) is 9.00 Å². The zero-order valence-corrected chi connectivity index (χ0v) is 31.1. The van der Waals surface area contributed by atoms with Crippen LogP contribution < -0.4 is 14.4 Å². The molecule has 7 rings (SSSR count). The number of allylic oxidation sites excluding steroid dienone is 1. The Morgan fingerprint density at radius 2 is 1.98 bits per heavy atom. The average molecular weight is 721 g/mol. The highest BCUT2D eigenvalue weighted by atomic mass is 32.2. The molecule has 2 aliphatic carbocycles. The van der Waals surface area contributed by atoms with Crippen molar-refractivity contribution in [1.29, 1.82) is 0 Å². The number of nitrogens with one attached hydrogen (secondary N) is 1. The van der Waals surface area contributed by atoms with Crippen molar-refractivity contribution in [2.45, 2.75) is 69.5 Å². The van der Waals surface area contributed by atoms with E-state index in [1.165, 1.54) is 28.7 Å². The van der Waals surface area contributed by atoms with E-state index in [0.29, 0.717) is 30.6 Å². The minimum atomic E-state index is -3.55. The lowest BCUT2D eigenvalue weighted by Gasteiger charge is -2.46. The van der Waals surface area contributed by atoms with Crippen molar-refractivity contribution in [3.05, 3.63) is 70.8 Å². The second kappa shape index (κ2) is 14.2. The summed E-state index contributed by atoms with van der Waals surface area (Å²) in [4.78, 5) is 31.0. The Morgan fingerprint density at radius 1 is 1.16 bits per heavy atom. The fraction of sp³-hybridized carbons (Fsp3) is 0.590. The molecule has 0 aromatic heterocycles. The molecule has 2 aromatic carbocycles. The van der Waals surface area contributed by atoms with Crippen molar-refractivity contribution >= 4 is 27.5 Å². The SMILES string of the molecule is COCC1(O)CN(C(=O)NS2(=O)=NC(=O)c3ccc4c(c3)N(C[C@@H]3CC[C@H]3[C@@H](OC)/C=C/C[C@H](C)C2)C[C@@]2(CCCc3cc(C)ccc32)CO4)C1. The Hall–Kier alpha value is -3.45. The molecule has 51 heavy (non-hydrogen) atoms. The summed E-state index contributed by atoms with van der Waals surface area (Å²) in [7, 11) is -0.304. The van der Waals surface area contributed by atoms with Gasteiger partial charge in [0.2, 0.25) is 0 Å². The molecule has 3 amide bonds. The molecular weight excluding hydrogens is 669 g/mol. The summed E-state index contributed by atoms with van der Waals surface area (Å²) in [6, 6.07) is 11.5. The van der Waals surface area contributed by atoms with Crippen molar-refractivity contribution in [3.8, 4) is 5.75 Å². The van der Waals surface area contributed by atoms with Gasteiger partial charge >= 0.3 is 6.03 Å². The smallest absolute Gasteiger partial charge is 0.330 e. The molecule has 1 unspecified atom stereocenters. The summed E-state index contributed by atoms with van der Waals surface area (Å²) in [6.07, 6.45) is 10.0. The fourth-order valence-corrected chi connectivity index (χ4v) is 10.8. The molecule has 1 saturated carbocycles. The number of anilines is 1. The summed E-state index contributed by atoms with van der Waals surface area (Å²) in [5.41, 5.74) is 3.74. The first-order chi connectivity index (χ1) is 24.4. The second-order valence-electron chi connectivity index (χ2n) is 15.7. The molecule has 3 aliphatic heterocycles. The summed E-state index contributed by atoms with van der Waals surface area (Å²) < 4.78 is 39.1. The number of β-amino-alcohol motifs (C(OH)–C–C–N with tert-alkyl or cyclic N) is 1. The molecule has 1 spiro atoms. The van der Waals surface area contributed by atoms with Crippen LogP contribution in [0.25, 0.3) is 0 Å². The number of hydrogen-bond donors (Lipinski definition) is 2. The monoisotopic (exact) mass is 720 g/mol. The third kappa shape index (κ3) is 7.29. The zero-order valence-electron chi connectivity index (χ0n) is 30.3. The molecule has 276 valence electrons. The predicted octanol–water partition coefficient (Wildman–Crippen LogP) is 5.03. The summed E-state index contributed by atoms with van der Waals surface area (Å²) in [5, 5.41) is 10.5. The van der Waals surface area contributed by atoms with Gasteiger partial charge in [0.15, 0.2) is 0 Å². The maximum Gasteiger partial charge on any atom is 0.330 e. The van der Waals surface area contributed by atoms with Crippen LogP contribution in [0.1, 0.15) is 66.1 Å². The Morgan fingerprint density at radius 3 is 2.73 bits per heavy atom. The van der Waals surface area contributed by atoms with Crippen LogP contribution in [0, 0.1) is 24.7 Å². The van der Waals surface area contributed by atoms with Crippen LogP contribution in [0.3, 0.4) is 0 Å². The standard InChI is InChI=1S/C39H52N4O7S/c1-26-10-14-32-28(17-26)8-6-16-38(32)21-42-19-30-11-13-31(30)34(49-4)9-5-7-27(2)20-51(47,41-37(45)43-22-39(46,23-43)25-48-3)40-36(44)29-12-15-35(50-24-38)33(42)18-29/h5,9-10,12,14-15,17-18,27,30-31,34,46H,6-8,11,13,16,19-25H2,1-4H3,(H,40,41,44,45,47)/b9-5+/t27-,30-,31+,34-,38-,51?/m0/s1. The van der Waals surface area contributed by atoms with Crippen LogP contribution in [-0.2, 0) is 31.2 Å². The lowest BCUT2D eigenvalue weighted by Crippen LogP contribution is -2.67. The van der Waals surface area contributed by atoms with E-state index in [9.17, 15) is 18.9 Å². The molecule has 2 fully saturated rings. The number of hydrogen-bond acceptors (Lipinski definition) is 8. The van der Waals surface area contributed by atoms with Crippen molar-refractivity contribution in [1.82, 2.24) is 9.62 Å². The van der Waals surface area contributed by atoms with Crippen molar-refractivity contribution in [2.24, 2.45) is 22.1 Å². The number of methoxy groups -OCH3 is 2. The van der Waals surface area contributed by atoms with Gasteiger partial charge in [-0.15, -0.1) is 4.36 Å². The molecule has 5 aliphatic rings. The number of carbonyl (C=O) groups is 2. The Kier molecular flexibility index (Phi) is 9.99. The number of ether oxygens (including phenoxy) is 3. The predicted molar refractivity (Wildman–Crippen MR) is 197 cm³/mol. The Bertz CT molecular complexity index is 1820. The first kappa shape index (κ1) is 35.9. The van der Waals surface area contributed by atoms with E-state index < -0.39 is 27.5 Å². The first-order valence-corrected chi connectivity index (χ1v) is 20.0. The topological polar surface area (TPSA) is 130 Å². The fourth-order valence-electron chi connectivity index (χ4n) is 8.90. The van der Waals surface area contributed by atoms with Gasteiger partial charge in [0.05, 0.1) is 43.8 Å². The van der Waals surface area contributed by atoms with Gasteiger partial charge < -0.3 is 29.1 Å². The number of amides is 3. The number of urea groups is 1. The van der Waals surface area contributed by atoms with Crippen LogP contribution in [0.15, 0.2) is 52.9 Å². The molecule has 6 atom stereocenters. The van der Waals surface area contributed by atoms with Crippen LogP contribution >= 0.6 is 0 Å². The molecule has 2 aromatic rings. The molecule has 2 N–H and O–H groups in total. The maximum absolute atomic E-state index is 14.5. The highest BCUT2D eigenvalue weighted by molar-refractivity contribution is 7.92. The molecule has 3 heterocycles. The number of fused-ring (bicyclic) bond motifs is 4. The van der Waals surface area contributed by atoms with E-state index >= 15 is 0 Å². The first-order valence-electron chi connectivity index (χ1n) is 18.3. The second-order valence-corrected chi connectivity index (χ2v) is 17.7. The number of aryl methyl sites for hydroxylation is 2. The number of carbonyl (C=O) groups excluding carboxylic acids is 2. The summed E-state index contributed by atoms with van der Waals surface area (Å²) >= 11 is 0. The third-order valence-corrected chi connectivity index (χ3v) is 13.6. The lowest BCUT2D eigenvalue weighted by atomic mass is 9.68. The lowest BCUT2D eigenvalue weighted by molar-refractivity contribution is -0.114. The molecule has 0 radical (unpaired) electrons. The van der Waals surface area contributed by atoms with Crippen molar-refractivity contribution in [2.75, 3.05) is 64.3 Å². The van der Waals surface area contributed by atoms with Gasteiger partial charge in [-0.1, -0.05) is 42.8 Å². The van der Waals surface area contributed by atoms with Crippen molar-refractivity contribution < 1.29 is 33.1 Å². The van der Waals surface area contributed by atoms with Gasteiger partial charge in [-0.3, -0.25) is 9.52 Å². The van der Waals surface area contributed by atoms with Crippen LogP contribution in [-0.4, -0.2) is 97.2 Å². The number of benzene rings is 2. The molecule has 2 bridgehead atoms. The van der Waals surface area contributed by atoms with E-state index in [1.807, 2.05) is 19.1 Å². The number of aliphatic hydroxyl groups is 1. The van der Waals surface area contributed by atoms with Gasteiger partial charge in [-0.05, 0) is 92.5 Å². The van der Waals surface area contributed by atoms with Gasteiger partial charge in [-0.2, -0.15) is 0 Å². The number of nitrogens with zero attached hydrogens (tertiary/aromatic N) is 3. The minimum Gasteiger partial charge on any atom is -0.490 e. The molecule has 1 saturated heterocycles. The van der Waals surface area contributed by atoms with E-state index in [0.717, 1.165) is 50.9 Å². The minimum absolute atomic E-state index is 0.0176. The zero-order chi connectivity index (χ0) is 36.0. The summed E-state index contributed by atoms with van der Waals surface area (Å²) in [6.45, 7) is 6.29. The average Bonchev–Trinajstić information content (AvgIpc) is 3.21. The van der Waals surface area contributed by atoms with Crippen LogP contribution in [0.5, 0.6) is 5.75 Å². The van der Waals surface area contributed by atoms with Crippen LogP contribution in [0.4, 0.5) is 10.5 Å². The molecular formula is C39H52N4O7S. The van der Waals surface area contributed by atoms with E-state index in [2.05, 4.69) is 51.3 Å². The van der Waals surface area contributed by atoms with Gasteiger partial charge in [0.1, 0.15) is 21.3 Å². The van der Waals surface area contributed by atoms with E-state index in [1.54, 1.807) is 13.2 Å². The molecule has 11 nitrogen and oxygen atoms in total. The maximum atomic E-state index is 14.5. The quantitative estimate of drug-likeness (QED) is 0.421. The Balaban J connectivity index is 1.26.